The predicted molar refractivity (Wildman–Crippen MR) is 80.6 cm³/mol. The Labute approximate surface area is 121 Å². The van der Waals surface area contributed by atoms with Crippen molar-refractivity contribution in [1.29, 1.82) is 0 Å². The summed E-state index contributed by atoms with van der Waals surface area (Å²) >= 11 is 0. The highest BCUT2D eigenvalue weighted by Crippen LogP contribution is 2.11. The van der Waals surface area contributed by atoms with Gasteiger partial charge in [-0.1, -0.05) is 31.2 Å². The largest absolute Gasteiger partial charge is 0.340 e. The summed E-state index contributed by atoms with van der Waals surface area (Å²) in [6.07, 6.45) is 3.13. The zero-order valence-corrected chi connectivity index (χ0v) is 12.5. The highest BCUT2D eigenvalue weighted by atomic mass is 35.5. The maximum Gasteiger partial charge on any atom is 0.239 e. The number of likely N-dealkylation sites (N-methyl/N-ethyl adjacent to an activating group) is 1. The third-order valence-corrected chi connectivity index (χ3v) is 3.59. The van der Waals surface area contributed by atoms with Crippen LogP contribution >= 0.6 is 12.4 Å². The van der Waals surface area contributed by atoms with E-state index in [1.54, 1.807) is 0 Å². The van der Waals surface area contributed by atoms with Gasteiger partial charge in [0.1, 0.15) is 0 Å². The molecular formula is C15H23ClN2O. The summed E-state index contributed by atoms with van der Waals surface area (Å²) in [6.45, 7) is 3.81. The molecule has 1 aliphatic rings. The summed E-state index contributed by atoms with van der Waals surface area (Å²) < 4.78 is 0. The van der Waals surface area contributed by atoms with E-state index in [1.807, 2.05) is 11.9 Å². The zero-order valence-electron chi connectivity index (χ0n) is 11.7. The standard InChI is InChI=1S/C15H22N2O.ClH/c1-3-12-6-8-13(9-7-12)11-17(2)15(18)14-5-4-10-16-14;/h6-9,14,16H,3-5,10-11H2,1-2H3;1H/t14-;/m0./s1. The molecule has 1 amide bonds. The van der Waals surface area contributed by atoms with Crippen molar-refractivity contribution in [3.63, 3.8) is 0 Å². The van der Waals surface area contributed by atoms with Gasteiger partial charge in [0.25, 0.3) is 0 Å². The minimum Gasteiger partial charge on any atom is -0.340 e. The van der Waals surface area contributed by atoms with Crippen molar-refractivity contribution in [3.05, 3.63) is 35.4 Å². The van der Waals surface area contributed by atoms with Gasteiger partial charge in [-0.05, 0) is 36.9 Å². The number of halogens is 1. The first-order valence-corrected chi connectivity index (χ1v) is 6.77. The fraction of sp³-hybridized carbons (Fsp3) is 0.533. The minimum atomic E-state index is 0. The first-order chi connectivity index (χ1) is 8.70. The zero-order chi connectivity index (χ0) is 13.0. The number of carbonyl (C=O) groups excluding carboxylic acids is 1. The van der Waals surface area contributed by atoms with Crippen molar-refractivity contribution >= 4 is 18.3 Å². The van der Waals surface area contributed by atoms with E-state index in [0.717, 1.165) is 25.8 Å². The molecule has 1 N–H and O–H groups in total. The molecule has 1 aliphatic heterocycles. The summed E-state index contributed by atoms with van der Waals surface area (Å²) in [7, 11) is 1.88. The van der Waals surface area contributed by atoms with Gasteiger partial charge in [-0.2, -0.15) is 0 Å². The molecule has 1 saturated heterocycles. The summed E-state index contributed by atoms with van der Waals surface area (Å²) in [5.41, 5.74) is 2.53. The summed E-state index contributed by atoms with van der Waals surface area (Å²) in [5, 5.41) is 3.25. The number of rotatable bonds is 4. The van der Waals surface area contributed by atoms with Crippen LogP contribution < -0.4 is 5.32 Å². The van der Waals surface area contributed by atoms with Gasteiger partial charge in [-0.15, -0.1) is 12.4 Å². The summed E-state index contributed by atoms with van der Waals surface area (Å²) in [6, 6.07) is 8.54. The molecule has 0 saturated carbocycles. The Balaban J connectivity index is 0.00000180. The van der Waals surface area contributed by atoms with E-state index in [-0.39, 0.29) is 24.4 Å². The Morgan fingerprint density at radius 3 is 2.47 bits per heavy atom. The number of hydrogen-bond acceptors (Lipinski definition) is 2. The van der Waals surface area contributed by atoms with Crippen molar-refractivity contribution in [1.82, 2.24) is 10.2 Å². The average molecular weight is 283 g/mol. The number of nitrogens with one attached hydrogen (secondary N) is 1. The Morgan fingerprint density at radius 1 is 1.32 bits per heavy atom. The summed E-state index contributed by atoms with van der Waals surface area (Å²) in [5.74, 6) is 0.215. The highest BCUT2D eigenvalue weighted by Gasteiger charge is 2.24. The molecule has 0 aromatic heterocycles. The highest BCUT2D eigenvalue weighted by molar-refractivity contribution is 5.85. The summed E-state index contributed by atoms with van der Waals surface area (Å²) in [4.78, 5) is 14.0. The van der Waals surface area contributed by atoms with Crippen LogP contribution in [-0.4, -0.2) is 30.4 Å². The Hall–Kier alpha value is -1.06. The molecule has 0 aliphatic carbocycles. The molecule has 0 bridgehead atoms. The van der Waals surface area contributed by atoms with Gasteiger partial charge in [0, 0.05) is 13.6 Å². The second kappa shape index (κ2) is 7.51. The van der Waals surface area contributed by atoms with Crippen molar-refractivity contribution in [2.75, 3.05) is 13.6 Å². The number of hydrogen-bond donors (Lipinski definition) is 1. The number of benzene rings is 1. The fourth-order valence-corrected chi connectivity index (χ4v) is 2.39. The molecule has 2 rings (SSSR count). The quantitative estimate of drug-likeness (QED) is 0.920. The van der Waals surface area contributed by atoms with E-state index in [2.05, 4.69) is 36.5 Å². The molecule has 1 heterocycles. The second-order valence-corrected chi connectivity index (χ2v) is 5.01. The van der Waals surface area contributed by atoms with Crippen LogP contribution in [0.3, 0.4) is 0 Å². The van der Waals surface area contributed by atoms with Gasteiger partial charge in [-0.25, -0.2) is 0 Å². The minimum absolute atomic E-state index is 0. The van der Waals surface area contributed by atoms with Crippen LogP contribution in [0.4, 0.5) is 0 Å². The normalized spacial score (nSPS) is 17.9. The number of amides is 1. The van der Waals surface area contributed by atoms with Gasteiger partial charge >= 0.3 is 0 Å². The third-order valence-electron chi connectivity index (χ3n) is 3.59. The SMILES string of the molecule is CCc1ccc(CN(C)C(=O)[C@@H]2CCCN2)cc1.Cl. The molecule has 1 aromatic rings. The topological polar surface area (TPSA) is 32.3 Å². The van der Waals surface area contributed by atoms with Crippen LogP contribution in [0.5, 0.6) is 0 Å². The molecule has 1 fully saturated rings. The van der Waals surface area contributed by atoms with Crippen LogP contribution in [0.25, 0.3) is 0 Å². The van der Waals surface area contributed by atoms with E-state index in [0.29, 0.717) is 6.54 Å². The second-order valence-electron chi connectivity index (χ2n) is 5.01. The predicted octanol–water partition coefficient (Wildman–Crippen LogP) is 2.38. The Morgan fingerprint density at radius 2 is 1.95 bits per heavy atom. The lowest BCUT2D eigenvalue weighted by atomic mass is 10.1. The fourth-order valence-electron chi connectivity index (χ4n) is 2.39. The molecule has 106 valence electrons. The molecule has 0 unspecified atom stereocenters. The van der Waals surface area contributed by atoms with Crippen molar-refractivity contribution < 1.29 is 4.79 Å². The molecule has 0 radical (unpaired) electrons. The lowest BCUT2D eigenvalue weighted by Gasteiger charge is -2.21. The average Bonchev–Trinajstić information content (AvgIpc) is 2.92. The molecule has 4 heteroatoms. The molecule has 1 atom stereocenters. The lowest BCUT2D eigenvalue weighted by Crippen LogP contribution is -2.41. The monoisotopic (exact) mass is 282 g/mol. The van der Waals surface area contributed by atoms with E-state index in [9.17, 15) is 4.79 Å². The molecule has 3 nitrogen and oxygen atoms in total. The maximum absolute atomic E-state index is 12.1. The van der Waals surface area contributed by atoms with Gasteiger partial charge in [0.2, 0.25) is 5.91 Å². The van der Waals surface area contributed by atoms with Gasteiger partial charge < -0.3 is 10.2 Å². The van der Waals surface area contributed by atoms with Crippen LogP contribution in [0, 0.1) is 0 Å². The van der Waals surface area contributed by atoms with Crippen molar-refractivity contribution in [2.24, 2.45) is 0 Å². The third kappa shape index (κ3) is 4.22. The van der Waals surface area contributed by atoms with E-state index < -0.39 is 0 Å². The number of carbonyl (C=O) groups is 1. The first-order valence-electron chi connectivity index (χ1n) is 6.77. The van der Waals surface area contributed by atoms with Crippen LogP contribution in [0.15, 0.2) is 24.3 Å². The van der Waals surface area contributed by atoms with Crippen LogP contribution in [0.2, 0.25) is 0 Å². The lowest BCUT2D eigenvalue weighted by molar-refractivity contribution is -0.132. The van der Waals surface area contributed by atoms with E-state index in [1.165, 1.54) is 11.1 Å². The molecule has 0 spiro atoms. The van der Waals surface area contributed by atoms with E-state index in [4.69, 9.17) is 0 Å². The van der Waals surface area contributed by atoms with Gasteiger partial charge in [-0.3, -0.25) is 4.79 Å². The number of nitrogens with zero attached hydrogens (tertiary/aromatic N) is 1. The molecule has 19 heavy (non-hydrogen) atoms. The molecule has 1 aromatic carbocycles. The maximum atomic E-state index is 12.1. The van der Waals surface area contributed by atoms with Crippen LogP contribution in [0.1, 0.15) is 30.9 Å². The van der Waals surface area contributed by atoms with Crippen molar-refractivity contribution in [2.45, 2.75) is 38.8 Å². The van der Waals surface area contributed by atoms with Crippen LogP contribution in [-0.2, 0) is 17.8 Å². The van der Waals surface area contributed by atoms with E-state index >= 15 is 0 Å². The van der Waals surface area contributed by atoms with Gasteiger partial charge in [0.05, 0.1) is 6.04 Å². The Bertz CT molecular complexity index is 399. The van der Waals surface area contributed by atoms with Crippen molar-refractivity contribution in [3.8, 4) is 0 Å². The molecular weight excluding hydrogens is 260 g/mol. The Kier molecular flexibility index (Phi) is 6.32. The smallest absolute Gasteiger partial charge is 0.239 e. The van der Waals surface area contributed by atoms with Gasteiger partial charge in [0.15, 0.2) is 0 Å². The number of aryl methyl sites for hydroxylation is 1. The first kappa shape index (κ1) is 16.0.